The molecule has 2 nitrogen and oxygen atoms in total. The zero-order valence-electron chi connectivity index (χ0n) is 7.92. The molecule has 0 aliphatic carbocycles. The Labute approximate surface area is 95.7 Å². The molecular formula is C10H8ClFN2S. The van der Waals surface area contributed by atoms with E-state index in [1.54, 1.807) is 11.4 Å². The fourth-order valence-corrected chi connectivity index (χ4v) is 2.01. The van der Waals surface area contributed by atoms with Crippen LogP contribution in [0.3, 0.4) is 0 Å². The van der Waals surface area contributed by atoms with Crippen LogP contribution in [0.2, 0.25) is 5.15 Å². The van der Waals surface area contributed by atoms with E-state index in [4.69, 9.17) is 11.6 Å². The summed E-state index contributed by atoms with van der Waals surface area (Å²) in [5.41, 5.74) is 1.67. The number of thiazole rings is 1. The molecule has 1 aromatic heterocycles. The number of aromatic nitrogens is 1. The second-order valence-electron chi connectivity index (χ2n) is 3.06. The van der Waals surface area contributed by atoms with Gasteiger partial charge in [0, 0.05) is 11.1 Å². The molecule has 1 heterocycles. The summed E-state index contributed by atoms with van der Waals surface area (Å²) in [4.78, 5) is 4.03. The van der Waals surface area contributed by atoms with Gasteiger partial charge in [-0.05, 0) is 24.6 Å². The SMILES string of the molecule is Cc1ccc(F)cc1Nc1nc(Cl)cs1. The average Bonchev–Trinajstić information content (AvgIpc) is 2.58. The van der Waals surface area contributed by atoms with E-state index in [1.165, 1.54) is 23.5 Å². The van der Waals surface area contributed by atoms with E-state index in [0.29, 0.717) is 16.0 Å². The van der Waals surface area contributed by atoms with E-state index >= 15 is 0 Å². The largest absolute Gasteiger partial charge is 0.331 e. The molecule has 0 spiro atoms. The first-order valence-electron chi connectivity index (χ1n) is 4.29. The second-order valence-corrected chi connectivity index (χ2v) is 4.30. The molecule has 0 unspecified atom stereocenters. The molecule has 0 aliphatic heterocycles. The highest BCUT2D eigenvalue weighted by Gasteiger charge is 2.03. The first-order valence-corrected chi connectivity index (χ1v) is 5.55. The molecule has 0 radical (unpaired) electrons. The third kappa shape index (κ3) is 2.46. The van der Waals surface area contributed by atoms with Crippen molar-refractivity contribution < 1.29 is 4.39 Å². The zero-order valence-corrected chi connectivity index (χ0v) is 9.49. The summed E-state index contributed by atoms with van der Waals surface area (Å²) in [6.45, 7) is 1.90. The summed E-state index contributed by atoms with van der Waals surface area (Å²) < 4.78 is 13.0. The van der Waals surface area contributed by atoms with Gasteiger partial charge >= 0.3 is 0 Å². The average molecular weight is 243 g/mol. The molecule has 2 rings (SSSR count). The third-order valence-electron chi connectivity index (χ3n) is 1.92. The van der Waals surface area contributed by atoms with Crippen molar-refractivity contribution in [1.82, 2.24) is 4.98 Å². The maximum atomic E-state index is 13.0. The van der Waals surface area contributed by atoms with E-state index < -0.39 is 0 Å². The number of nitrogens with zero attached hydrogens (tertiary/aromatic N) is 1. The quantitative estimate of drug-likeness (QED) is 0.861. The second kappa shape index (κ2) is 4.16. The maximum Gasteiger partial charge on any atom is 0.188 e. The number of hydrogen-bond donors (Lipinski definition) is 1. The van der Waals surface area contributed by atoms with Crippen LogP contribution in [0, 0.1) is 12.7 Å². The summed E-state index contributed by atoms with van der Waals surface area (Å²) in [7, 11) is 0. The van der Waals surface area contributed by atoms with Crippen molar-refractivity contribution in [1.29, 1.82) is 0 Å². The van der Waals surface area contributed by atoms with Crippen molar-refractivity contribution in [2.45, 2.75) is 6.92 Å². The minimum Gasteiger partial charge on any atom is -0.331 e. The molecule has 5 heteroatoms. The van der Waals surface area contributed by atoms with Crippen LogP contribution in [0.5, 0.6) is 0 Å². The van der Waals surface area contributed by atoms with Gasteiger partial charge in [0.25, 0.3) is 0 Å². The number of nitrogens with one attached hydrogen (secondary N) is 1. The predicted octanol–water partition coefficient (Wildman–Crippen LogP) is 3.99. The van der Waals surface area contributed by atoms with E-state index in [1.807, 2.05) is 6.92 Å². The first-order chi connectivity index (χ1) is 7.15. The van der Waals surface area contributed by atoms with Crippen molar-refractivity contribution in [3.63, 3.8) is 0 Å². The first kappa shape index (κ1) is 10.4. The summed E-state index contributed by atoms with van der Waals surface area (Å²) in [5.74, 6) is -0.272. The molecule has 0 fully saturated rings. The van der Waals surface area contributed by atoms with Crippen LogP contribution in [-0.2, 0) is 0 Å². The Kier molecular flexibility index (Phi) is 2.88. The van der Waals surface area contributed by atoms with Gasteiger partial charge in [0.15, 0.2) is 5.13 Å². The molecule has 78 valence electrons. The van der Waals surface area contributed by atoms with Gasteiger partial charge in [-0.3, -0.25) is 0 Å². The van der Waals surface area contributed by atoms with E-state index in [2.05, 4.69) is 10.3 Å². The minimum atomic E-state index is -0.272. The van der Waals surface area contributed by atoms with Crippen LogP contribution in [-0.4, -0.2) is 4.98 Å². The topological polar surface area (TPSA) is 24.9 Å². The molecule has 0 amide bonds. The highest BCUT2D eigenvalue weighted by atomic mass is 35.5. The van der Waals surface area contributed by atoms with E-state index in [-0.39, 0.29) is 5.82 Å². The number of benzene rings is 1. The Hall–Kier alpha value is -1.13. The number of anilines is 2. The van der Waals surface area contributed by atoms with Gasteiger partial charge in [0.2, 0.25) is 0 Å². The molecule has 0 saturated carbocycles. The van der Waals surface area contributed by atoms with Crippen molar-refractivity contribution in [2.75, 3.05) is 5.32 Å². The summed E-state index contributed by atoms with van der Waals surface area (Å²) in [6.07, 6.45) is 0. The Bertz CT molecular complexity index is 484. The number of rotatable bonds is 2. The van der Waals surface area contributed by atoms with Gasteiger partial charge in [0.05, 0.1) is 0 Å². The normalized spacial score (nSPS) is 10.3. The van der Waals surface area contributed by atoms with Crippen molar-refractivity contribution in [3.8, 4) is 0 Å². The lowest BCUT2D eigenvalue weighted by Gasteiger charge is -2.05. The van der Waals surface area contributed by atoms with Crippen molar-refractivity contribution in [2.24, 2.45) is 0 Å². The molecule has 1 N–H and O–H groups in total. The van der Waals surface area contributed by atoms with Crippen LogP contribution >= 0.6 is 22.9 Å². The van der Waals surface area contributed by atoms with Crippen LogP contribution in [0.4, 0.5) is 15.2 Å². The Morgan fingerprint density at radius 2 is 2.27 bits per heavy atom. The highest BCUT2D eigenvalue weighted by Crippen LogP contribution is 2.25. The van der Waals surface area contributed by atoms with Gasteiger partial charge in [-0.15, -0.1) is 11.3 Å². The summed E-state index contributed by atoms with van der Waals surface area (Å²) in [5, 5.41) is 5.84. The molecular weight excluding hydrogens is 235 g/mol. The van der Waals surface area contributed by atoms with Crippen LogP contribution < -0.4 is 5.32 Å². The fraction of sp³-hybridized carbons (Fsp3) is 0.100. The van der Waals surface area contributed by atoms with Gasteiger partial charge in [0.1, 0.15) is 11.0 Å². The lowest BCUT2D eigenvalue weighted by Crippen LogP contribution is -1.93. The van der Waals surface area contributed by atoms with Gasteiger partial charge in [-0.25, -0.2) is 9.37 Å². The summed E-state index contributed by atoms with van der Waals surface area (Å²) >= 11 is 7.07. The van der Waals surface area contributed by atoms with E-state index in [9.17, 15) is 4.39 Å². The predicted molar refractivity (Wildman–Crippen MR) is 61.5 cm³/mol. The number of hydrogen-bond acceptors (Lipinski definition) is 3. The van der Waals surface area contributed by atoms with Crippen LogP contribution in [0.1, 0.15) is 5.56 Å². The Balaban J connectivity index is 2.27. The molecule has 0 bridgehead atoms. The molecule has 0 saturated heterocycles. The number of aryl methyl sites for hydroxylation is 1. The maximum absolute atomic E-state index is 13.0. The third-order valence-corrected chi connectivity index (χ3v) is 3.00. The van der Waals surface area contributed by atoms with Crippen LogP contribution in [0.25, 0.3) is 0 Å². The highest BCUT2D eigenvalue weighted by molar-refractivity contribution is 7.14. The molecule has 1 aromatic carbocycles. The lowest BCUT2D eigenvalue weighted by atomic mass is 10.2. The van der Waals surface area contributed by atoms with Gasteiger partial charge in [-0.1, -0.05) is 17.7 Å². The summed E-state index contributed by atoms with van der Waals surface area (Å²) in [6, 6.07) is 4.58. The molecule has 2 aromatic rings. The fourth-order valence-electron chi connectivity index (χ4n) is 1.16. The van der Waals surface area contributed by atoms with Crippen molar-refractivity contribution >= 4 is 33.8 Å². The molecule has 0 atom stereocenters. The number of halogens is 2. The van der Waals surface area contributed by atoms with Crippen LogP contribution in [0.15, 0.2) is 23.6 Å². The Morgan fingerprint density at radius 1 is 1.47 bits per heavy atom. The minimum absolute atomic E-state index is 0.272. The smallest absolute Gasteiger partial charge is 0.188 e. The van der Waals surface area contributed by atoms with E-state index in [0.717, 1.165) is 5.56 Å². The van der Waals surface area contributed by atoms with Gasteiger partial charge < -0.3 is 5.32 Å². The standard InChI is InChI=1S/C10H8ClFN2S/c1-6-2-3-7(12)4-8(6)13-10-14-9(11)5-15-10/h2-5H,1H3,(H,13,14). The van der Waals surface area contributed by atoms with Crippen molar-refractivity contribution in [3.05, 3.63) is 40.1 Å². The van der Waals surface area contributed by atoms with Gasteiger partial charge in [-0.2, -0.15) is 0 Å². The zero-order chi connectivity index (χ0) is 10.8. The molecule has 15 heavy (non-hydrogen) atoms. The monoisotopic (exact) mass is 242 g/mol. The lowest BCUT2D eigenvalue weighted by molar-refractivity contribution is 0.628. The Morgan fingerprint density at radius 3 is 2.93 bits per heavy atom. The molecule has 0 aliphatic rings.